The van der Waals surface area contributed by atoms with Crippen LogP contribution >= 0.6 is 0 Å². The van der Waals surface area contributed by atoms with Crippen LogP contribution < -0.4 is 5.32 Å². The van der Waals surface area contributed by atoms with Crippen molar-refractivity contribution in [1.29, 1.82) is 0 Å². The third kappa shape index (κ3) is 4.85. The van der Waals surface area contributed by atoms with Crippen LogP contribution in [0, 0.1) is 6.92 Å². The van der Waals surface area contributed by atoms with Crippen molar-refractivity contribution in [3.63, 3.8) is 0 Å². The molecule has 1 fully saturated rings. The molecular formula is C25H27N3O3. The maximum absolute atomic E-state index is 13.0. The monoisotopic (exact) mass is 417 g/mol. The molecular weight excluding hydrogens is 390 g/mol. The Kier molecular flexibility index (Phi) is 6.16. The van der Waals surface area contributed by atoms with Gasteiger partial charge in [0.05, 0.1) is 5.69 Å². The van der Waals surface area contributed by atoms with Gasteiger partial charge >= 0.3 is 5.97 Å². The van der Waals surface area contributed by atoms with Crippen LogP contribution in [0.2, 0.25) is 0 Å². The molecule has 0 aliphatic heterocycles. The second kappa shape index (κ2) is 9.16. The first-order chi connectivity index (χ1) is 15.0. The summed E-state index contributed by atoms with van der Waals surface area (Å²) in [6.07, 6.45) is 4.99. The van der Waals surface area contributed by atoms with Crippen LogP contribution in [0.15, 0.2) is 60.8 Å². The highest BCUT2D eigenvalue weighted by Gasteiger charge is 2.26. The van der Waals surface area contributed by atoms with Crippen LogP contribution in [0.3, 0.4) is 0 Å². The highest BCUT2D eigenvalue weighted by molar-refractivity contribution is 5.97. The number of aromatic nitrogens is 2. The van der Waals surface area contributed by atoms with Crippen molar-refractivity contribution in [3.8, 4) is 16.9 Å². The lowest BCUT2D eigenvalue weighted by atomic mass is 10.1. The molecule has 1 atom stereocenters. The summed E-state index contributed by atoms with van der Waals surface area (Å²) in [6, 6.07) is 17.6. The molecule has 1 heterocycles. The van der Waals surface area contributed by atoms with E-state index in [9.17, 15) is 9.59 Å². The normalized spacial score (nSPS) is 14.9. The van der Waals surface area contributed by atoms with E-state index in [2.05, 4.69) is 10.4 Å². The first kappa shape index (κ1) is 20.8. The average molecular weight is 418 g/mol. The molecule has 1 aliphatic rings. The van der Waals surface area contributed by atoms with Gasteiger partial charge in [0.2, 0.25) is 0 Å². The van der Waals surface area contributed by atoms with Gasteiger partial charge in [0.1, 0.15) is 11.3 Å². The fourth-order valence-electron chi connectivity index (χ4n) is 3.83. The number of nitrogens with one attached hydrogen (secondary N) is 1. The lowest BCUT2D eigenvalue weighted by Gasteiger charge is -2.17. The second-order valence-corrected chi connectivity index (χ2v) is 8.08. The molecule has 6 nitrogen and oxygen atoms in total. The van der Waals surface area contributed by atoms with Crippen molar-refractivity contribution in [3.05, 3.63) is 71.9 Å². The maximum atomic E-state index is 13.0. The number of esters is 1. The summed E-state index contributed by atoms with van der Waals surface area (Å²) >= 11 is 0. The van der Waals surface area contributed by atoms with E-state index in [0.29, 0.717) is 11.3 Å². The molecule has 160 valence electrons. The second-order valence-electron chi connectivity index (χ2n) is 8.08. The molecule has 1 aliphatic carbocycles. The molecule has 1 saturated carbocycles. The van der Waals surface area contributed by atoms with E-state index in [0.717, 1.165) is 42.5 Å². The van der Waals surface area contributed by atoms with Crippen LogP contribution in [0.4, 0.5) is 0 Å². The zero-order chi connectivity index (χ0) is 21.8. The Morgan fingerprint density at radius 1 is 1.06 bits per heavy atom. The standard InChI is InChI=1S/C25H27N3O3/c1-17-12-14-21(15-13-17)28-16-22(23(27-28)19-8-4-3-5-9-19)25(30)31-18(2)24(29)26-20-10-6-7-11-20/h3-5,8-9,12-16,18,20H,6-7,10-11H2,1-2H3,(H,26,29). The molecule has 3 aromatic rings. The van der Waals surface area contributed by atoms with E-state index in [1.807, 2.05) is 61.5 Å². The summed E-state index contributed by atoms with van der Waals surface area (Å²) in [5.41, 5.74) is 3.64. The summed E-state index contributed by atoms with van der Waals surface area (Å²) in [5, 5.41) is 7.63. The van der Waals surface area contributed by atoms with Crippen LogP contribution in [0.5, 0.6) is 0 Å². The molecule has 2 aromatic carbocycles. The Morgan fingerprint density at radius 3 is 2.42 bits per heavy atom. The fraction of sp³-hybridized carbons (Fsp3) is 0.320. The van der Waals surface area contributed by atoms with Crippen molar-refractivity contribution < 1.29 is 14.3 Å². The predicted octanol–water partition coefficient (Wildman–Crippen LogP) is 4.45. The van der Waals surface area contributed by atoms with Crippen LogP contribution in [-0.4, -0.2) is 33.8 Å². The van der Waals surface area contributed by atoms with E-state index >= 15 is 0 Å². The molecule has 0 radical (unpaired) electrons. The predicted molar refractivity (Wildman–Crippen MR) is 119 cm³/mol. The zero-order valence-corrected chi connectivity index (χ0v) is 17.9. The number of ether oxygens (including phenoxy) is 1. The Bertz CT molecular complexity index is 1050. The topological polar surface area (TPSA) is 73.2 Å². The number of rotatable bonds is 6. The van der Waals surface area contributed by atoms with Gasteiger partial charge in [-0.05, 0) is 38.8 Å². The number of carbonyl (C=O) groups is 2. The summed E-state index contributed by atoms with van der Waals surface area (Å²) in [5.74, 6) is -0.821. The number of hydrogen-bond donors (Lipinski definition) is 1. The molecule has 6 heteroatoms. The van der Waals surface area contributed by atoms with E-state index in [1.54, 1.807) is 17.8 Å². The summed E-state index contributed by atoms with van der Waals surface area (Å²) in [7, 11) is 0. The molecule has 0 spiro atoms. The minimum absolute atomic E-state index is 0.179. The van der Waals surface area contributed by atoms with Crippen molar-refractivity contribution in [2.24, 2.45) is 0 Å². The summed E-state index contributed by atoms with van der Waals surface area (Å²) in [6.45, 7) is 3.62. The Hall–Kier alpha value is -3.41. The third-order valence-corrected chi connectivity index (χ3v) is 5.63. The van der Waals surface area contributed by atoms with Gasteiger partial charge in [0, 0.05) is 17.8 Å². The average Bonchev–Trinajstić information content (AvgIpc) is 3.45. The van der Waals surface area contributed by atoms with E-state index in [1.165, 1.54) is 0 Å². The number of aryl methyl sites for hydroxylation is 1. The van der Waals surface area contributed by atoms with Crippen LogP contribution in [-0.2, 0) is 9.53 Å². The molecule has 31 heavy (non-hydrogen) atoms. The van der Waals surface area contributed by atoms with Gasteiger partial charge in [-0.25, -0.2) is 9.48 Å². The van der Waals surface area contributed by atoms with E-state index in [4.69, 9.17) is 4.74 Å². The van der Waals surface area contributed by atoms with Crippen LogP contribution in [0.1, 0.15) is 48.5 Å². The Balaban J connectivity index is 1.58. The van der Waals surface area contributed by atoms with Crippen molar-refractivity contribution in [2.45, 2.75) is 51.7 Å². The first-order valence-corrected chi connectivity index (χ1v) is 10.7. The highest BCUT2D eigenvalue weighted by atomic mass is 16.5. The van der Waals surface area contributed by atoms with Gasteiger partial charge < -0.3 is 10.1 Å². The maximum Gasteiger partial charge on any atom is 0.342 e. The molecule has 0 bridgehead atoms. The van der Waals surface area contributed by atoms with Crippen molar-refractivity contribution >= 4 is 11.9 Å². The largest absolute Gasteiger partial charge is 0.449 e. The van der Waals surface area contributed by atoms with E-state index < -0.39 is 12.1 Å². The summed E-state index contributed by atoms with van der Waals surface area (Å²) < 4.78 is 7.20. The minimum Gasteiger partial charge on any atom is -0.449 e. The lowest BCUT2D eigenvalue weighted by molar-refractivity contribution is -0.129. The van der Waals surface area contributed by atoms with Gasteiger partial charge in [0.25, 0.3) is 5.91 Å². The molecule has 1 amide bonds. The molecule has 1 unspecified atom stereocenters. The third-order valence-electron chi connectivity index (χ3n) is 5.63. The van der Waals surface area contributed by atoms with Crippen molar-refractivity contribution in [1.82, 2.24) is 15.1 Å². The molecule has 4 rings (SSSR count). The fourth-order valence-corrected chi connectivity index (χ4v) is 3.83. The zero-order valence-electron chi connectivity index (χ0n) is 17.9. The highest BCUT2D eigenvalue weighted by Crippen LogP contribution is 2.25. The quantitative estimate of drug-likeness (QED) is 0.602. The van der Waals surface area contributed by atoms with Gasteiger partial charge in [0.15, 0.2) is 6.10 Å². The smallest absolute Gasteiger partial charge is 0.342 e. The van der Waals surface area contributed by atoms with Gasteiger partial charge in [-0.3, -0.25) is 4.79 Å². The lowest BCUT2D eigenvalue weighted by Crippen LogP contribution is -2.40. The number of carbonyl (C=O) groups excluding carboxylic acids is 2. The first-order valence-electron chi connectivity index (χ1n) is 10.7. The van der Waals surface area contributed by atoms with Gasteiger partial charge in [-0.15, -0.1) is 0 Å². The number of hydrogen-bond acceptors (Lipinski definition) is 4. The number of benzene rings is 2. The van der Waals surface area contributed by atoms with Gasteiger partial charge in [-0.2, -0.15) is 5.10 Å². The minimum atomic E-state index is -0.876. The Morgan fingerprint density at radius 2 is 1.74 bits per heavy atom. The summed E-state index contributed by atoms with van der Waals surface area (Å²) in [4.78, 5) is 25.5. The SMILES string of the molecule is Cc1ccc(-n2cc(C(=O)OC(C)C(=O)NC3CCCC3)c(-c3ccccc3)n2)cc1. The van der Waals surface area contributed by atoms with E-state index in [-0.39, 0.29) is 11.9 Å². The van der Waals surface area contributed by atoms with Crippen molar-refractivity contribution in [2.75, 3.05) is 0 Å². The number of amides is 1. The molecule has 0 saturated heterocycles. The number of nitrogens with zero attached hydrogens (tertiary/aromatic N) is 2. The van der Waals surface area contributed by atoms with Gasteiger partial charge in [-0.1, -0.05) is 60.9 Å². The molecule has 1 aromatic heterocycles. The van der Waals surface area contributed by atoms with Crippen LogP contribution in [0.25, 0.3) is 16.9 Å². The Labute approximate surface area is 182 Å². The molecule has 1 N–H and O–H groups in total.